The van der Waals surface area contributed by atoms with Crippen molar-refractivity contribution in [2.24, 2.45) is 11.7 Å². The maximum atomic E-state index is 13.7. The number of amides is 1. The Labute approximate surface area is 113 Å². The summed E-state index contributed by atoms with van der Waals surface area (Å²) in [4.78, 5) is 14.0. The third kappa shape index (κ3) is 3.32. The van der Waals surface area contributed by atoms with Crippen LogP contribution in [0, 0.1) is 11.7 Å². The lowest BCUT2D eigenvalue weighted by atomic mass is 9.90. The minimum absolute atomic E-state index is 0.000948. The van der Waals surface area contributed by atoms with E-state index in [0.717, 1.165) is 19.3 Å². The molecule has 0 bridgehead atoms. The Kier molecular flexibility index (Phi) is 4.53. The first-order valence-corrected chi connectivity index (χ1v) is 6.91. The number of carbonyl (C=O) groups is 1. The number of benzene rings is 1. The maximum absolute atomic E-state index is 13.7. The molecule has 2 unspecified atom stereocenters. The van der Waals surface area contributed by atoms with Gasteiger partial charge in [0.1, 0.15) is 5.82 Å². The first-order chi connectivity index (χ1) is 9.11. The van der Waals surface area contributed by atoms with Gasteiger partial charge >= 0.3 is 0 Å². The van der Waals surface area contributed by atoms with Gasteiger partial charge in [0, 0.05) is 19.1 Å². The van der Waals surface area contributed by atoms with E-state index in [1.54, 1.807) is 17.0 Å². The largest absolute Gasteiger partial charge is 0.337 e. The van der Waals surface area contributed by atoms with Gasteiger partial charge in [-0.1, -0.05) is 25.5 Å². The summed E-state index contributed by atoms with van der Waals surface area (Å²) in [6.07, 6.45) is 3.10. The van der Waals surface area contributed by atoms with Gasteiger partial charge in [-0.2, -0.15) is 0 Å². The van der Waals surface area contributed by atoms with Crippen molar-refractivity contribution < 1.29 is 9.18 Å². The molecule has 1 saturated heterocycles. The molecule has 0 radical (unpaired) electrons. The molecule has 1 heterocycles. The van der Waals surface area contributed by atoms with Crippen LogP contribution in [-0.2, 0) is 0 Å². The van der Waals surface area contributed by atoms with E-state index in [4.69, 9.17) is 5.73 Å². The molecule has 1 aliphatic heterocycles. The topological polar surface area (TPSA) is 46.3 Å². The van der Waals surface area contributed by atoms with Gasteiger partial charge in [-0.05, 0) is 30.9 Å². The number of piperidine rings is 1. The number of nitrogens with zero attached hydrogens (tertiary/aromatic N) is 1. The number of nitrogens with two attached hydrogens (primary N) is 1. The van der Waals surface area contributed by atoms with E-state index in [0.29, 0.717) is 19.0 Å². The minimum Gasteiger partial charge on any atom is -0.337 e. The van der Waals surface area contributed by atoms with Crippen LogP contribution in [-0.4, -0.2) is 29.9 Å². The zero-order valence-electron chi connectivity index (χ0n) is 11.3. The van der Waals surface area contributed by atoms with Crippen molar-refractivity contribution in [3.05, 3.63) is 35.6 Å². The van der Waals surface area contributed by atoms with Gasteiger partial charge < -0.3 is 10.6 Å². The zero-order chi connectivity index (χ0) is 13.8. The summed E-state index contributed by atoms with van der Waals surface area (Å²) in [6, 6.07) is 6.13. The van der Waals surface area contributed by atoms with Gasteiger partial charge in [0.05, 0.1) is 5.56 Å². The van der Waals surface area contributed by atoms with Gasteiger partial charge in [0.15, 0.2) is 0 Å². The van der Waals surface area contributed by atoms with Crippen LogP contribution in [0.15, 0.2) is 24.3 Å². The molecule has 1 fully saturated rings. The summed E-state index contributed by atoms with van der Waals surface area (Å²) in [5.41, 5.74) is 6.16. The second-order valence-electron chi connectivity index (χ2n) is 5.34. The van der Waals surface area contributed by atoms with E-state index in [1.165, 1.54) is 12.1 Å². The highest BCUT2D eigenvalue weighted by Crippen LogP contribution is 2.22. The Balaban J connectivity index is 2.12. The molecule has 19 heavy (non-hydrogen) atoms. The lowest BCUT2D eigenvalue weighted by Gasteiger charge is -2.36. The summed E-state index contributed by atoms with van der Waals surface area (Å²) in [5.74, 6) is -0.266. The average Bonchev–Trinajstić information content (AvgIpc) is 2.38. The van der Waals surface area contributed by atoms with E-state index in [-0.39, 0.29) is 17.5 Å². The van der Waals surface area contributed by atoms with Crippen LogP contribution in [0.5, 0.6) is 0 Å². The van der Waals surface area contributed by atoms with Gasteiger partial charge in [0.2, 0.25) is 0 Å². The van der Waals surface area contributed by atoms with Gasteiger partial charge in [-0.15, -0.1) is 0 Å². The quantitative estimate of drug-likeness (QED) is 0.911. The molecule has 0 aromatic heterocycles. The van der Waals surface area contributed by atoms with Crippen molar-refractivity contribution >= 4 is 5.91 Å². The van der Waals surface area contributed by atoms with Crippen LogP contribution in [0.2, 0.25) is 0 Å². The van der Waals surface area contributed by atoms with Gasteiger partial charge in [-0.3, -0.25) is 4.79 Å². The normalized spacial score (nSPS) is 23.4. The number of hydrogen-bond donors (Lipinski definition) is 1. The molecule has 1 aromatic carbocycles. The van der Waals surface area contributed by atoms with Crippen LogP contribution < -0.4 is 5.73 Å². The molecule has 0 aliphatic carbocycles. The molecule has 2 atom stereocenters. The zero-order valence-corrected chi connectivity index (χ0v) is 11.3. The van der Waals surface area contributed by atoms with Gasteiger partial charge in [0.25, 0.3) is 5.91 Å². The Hall–Kier alpha value is -1.42. The van der Waals surface area contributed by atoms with E-state index >= 15 is 0 Å². The highest BCUT2D eigenvalue weighted by atomic mass is 19.1. The Bertz CT molecular complexity index is 450. The lowest BCUT2D eigenvalue weighted by molar-refractivity contribution is 0.0638. The summed E-state index contributed by atoms with van der Waals surface area (Å²) >= 11 is 0. The highest BCUT2D eigenvalue weighted by molar-refractivity contribution is 5.94. The molecule has 2 N–H and O–H groups in total. The molecular formula is C15H21FN2O. The maximum Gasteiger partial charge on any atom is 0.256 e. The number of halogens is 1. The molecule has 104 valence electrons. The number of carbonyl (C=O) groups excluding carboxylic acids is 1. The molecule has 0 spiro atoms. The van der Waals surface area contributed by atoms with Crippen molar-refractivity contribution in [3.8, 4) is 0 Å². The summed E-state index contributed by atoms with van der Waals surface area (Å²) in [5, 5.41) is 0. The first-order valence-electron chi connectivity index (χ1n) is 6.91. The van der Waals surface area contributed by atoms with Crippen LogP contribution >= 0.6 is 0 Å². The Morgan fingerprint density at radius 2 is 2.16 bits per heavy atom. The van der Waals surface area contributed by atoms with Crippen molar-refractivity contribution in [1.29, 1.82) is 0 Å². The van der Waals surface area contributed by atoms with E-state index in [2.05, 4.69) is 6.92 Å². The van der Waals surface area contributed by atoms with Gasteiger partial charge in [-0.25, -0.2) is 4.39 Å². The molecule has 1 amide bonds. The van der Waals surface area contributed by atoms with Crippen LogP contribution in [0.4, 0.5) is 4.39 Å². The third-order valence-electron chi connectivity index (χ3n) is 3.66. The summed E-state index contributed by atoms with van der Waals surface area (Å²) < 4.78 is 13.7. The Morgan fingerprint density at radius 1 is 1.42 bits per heavy atom. The molecule has 2 rings (SSSR count). The molecule has 1 aromatic rings. The van der Waals surface area contributed by atoms with E-state index in [9.17, 15) is 9.18 Å². The second kappa shape index (κ2) is 6.15. The first kappa shape index (κ1) is 14.0. The number of rotatable bonds is 3. The fourth-order valence-corrected chi connectivity index (χ4v) is 2.83. The summed E-state index contributed by atoms with van der Waals surface area (Å²) in [6.45, 7) is 3.34. The van der Waals surface area contributed by atoms with Crippen molar-refractivity contribution in [1.82, 2.24) is 4.90 Å². The predicted molar refractivity (Wildman–Crippen MR) is 73.3 cm³/mol. The van der Waals surface area contributed by atoms with Crippen molar-refractivity contribution in [2.45, 2.75) is 32.2 Å². The summed E-state index contributed by atoms with van der Waals surface area (Å²) in [7, 11) is 0. The number of hydrogen-bond acceptors (Lipinski definition) is 2. The SMILES string of the molecule is CCCC1CC(N)CN(C(=O)c2ccccc2F)C1. The second-order valence-corrected chi connectivity index (χ2v) is 5.34. The van der Waals surface area contributed by atoms with E-state index < -0.39 is 5.82 Å². The lowest BCUT2D eigenvalue weighted by Crippen LogP contribution is -2.49. The fourth-order valence-electron chi connectivity index (χ4n) is 2.83. The molecule has 1 aliphatic rings. The predicted octanol–water partition coefficient (Wildman–Crippen LogP) is 2.42. The molecule has 0 saturated carbocycles. The van der Waals surface area contributed by atoms with Crippen molar-refractivity contribution in [2.75, 3.05) is 13.1 Å². The smallest absolute Gasteiger partial charge is 0.256 e. The molecule has 3 nitrogen and oxygen atoms in total. The van der Waals surface area contributed by atoms with Crippen LogP contribution in [0.1, 0.15) is 36.5 Å². The monoisotopic (exact) mass is 264 g/mol. The van der Waals surface area contributed by atoms with Crippen LogP contribution in [0.3, 0.4) is 0 Å². The minimum atomic E-state index is -0.460. The standard InChI is InChI=1S/C15H21FN2O/c1-2-5-11-8-12(17)10-18(9-11)15(19)13-6-3-4-7-14(13)16/h3-4,6-7,11-12H,2,5,8-10,17H2,1H3. The fraction of sp³-hybridized carbons (Fsp3) is 0.533. The molecule has 4 heteroatoms. The van der Waals surface area contributed by atoms with Crippen LogP contribution in [0.25, 0.3) is 0 Å². The van der Waals surface area contributed by atoms with Crippen molar-refractivity contribution in [3.63, 3.8) is 0 Å². The van der Waals surface area contributed by atoms with E-state index in [1.807, 2.05) is 0 Å². The Morgan fingerprint density at radius 3 is 2.84 bits per heavy atom. The highest BCUT2D eigenvalue weighted by Gasteiger charge is 2.29. The molecular weight excluding hydrogens is 243 g/mol. The number of likely N-dealkylation sites (tertiary alicyclic amines) is 1. The third-order valence-corrected chi connectivity index (χ3v) is 3.66. The average molecular weight is 264 g/mol.